The Morgan fingerprint density at radius 1 is 1.17 bits per heavy atom. The van der Waals surface area contributed by atoms with Gasteiger partial charge in [0.05, 0.1) is 6.61 Å². The van der Waals surface area contributed by atoms with Gasteiger partial charge in [-0.25, -0.2) is 0 Å². The fourth-order valence-corrected chi connectivity index (χ4v) is 0.922. The predicted molar refractivity (Wildman–Crippen MR) is 50.4 cm³/mol. The predicted octanol–water partition coefficient (Wildman–Crippen LogP) is 2.68. The van der Waals surface area contributed by atoms with Crippen molar-refractivity contribution >= 4 is 5.97 Å². The van der Waals surface area contributed by atoms with Crippen molar-refractivity contribution in [3.63, 3.8) is 0 Å². The number of carbonyl (C=O) groups is 1. The molecule has 3 heteroatoms. The van der Waals surface area contributed by atoms with Gasteiger partial charge in [0.1, 0.15) is 0 Å². The minimum atomic E-state index is -0.166. The van der Waals surface area contributed by atoms with E-state index < -0.39 is 0 Å². The van der Waals surface area contributed by atoms with Crippen LogP contribution in [0.2, 0.25) is 0 Å². The molecule has 0 aromatic rings. The standard InChI is InChI=1S/C9H18O2.H3N/c1-3-4-5-6-7-8-11-9(2)10;/h3-8H2,1-2H3;1H3. The third-order valence-corrected chi connectivity index (χ3v) is 1.55. The molecule has 3 N–H and O–H groups in total. The Morgan fingerprint density at radius 2 is 1.75 bits per heavy atom. The second-order valence-corrected chi connectivity index (χ2v) is 2.75. The zero-order valence-electron chi connectivity index (χ0n) is 8.27. The fraction of sp³-hybridized carbons (Fsp3) is 0.889. The van der Waals surface area contributed by atoms with Crippen molar-refractivity contribution in [2.24, 2.45) is 0 Å². The quantitative estimate of drug-likeness (QED) is 0.498. The fourth-order valence-electron chi connectivity index (χ4n) is 0.922. The van der Waals surface area contributed by atoms with Crippen molar-refractivity contribution in [2.45, 2.75) is 46.0 Å². The van der Waals surface area contributed by atoms with Crippen LogP contribution in [-0.2, 0) is 9.53 Å². The SMILES string of the molecule is CCCCCCCOC(C)=O.N. The van der Waals surface area contributed by atoms with Crippen LogP contribution in [0.1, 0.15) is 46.0 Å². The molecule has 0 spiro atoms. The Bertz CT molecular complexity index is 105. The number of ether oxygens (including phenoxy) is 1. The van der Waals surface area contributed by atoms with E-state index in [9.17, 15) is 4.79 Å². The first-order chi connectivity index (χ1) is 5.27. The summed E-state index contributed by atoms with van der Waals surface area (Å²) in [6.45, 7) is 4.23. The molecule has 0 heterocycles. The molecule has 0 rings (SSSR count). The topological polar surface area (TPSA) is 61.3 Å². The van der Waals surface area contributed by atoms with E-state index in [1.54, 1.807) is 0 Å². The molecule has 0 aliphatic carbocycles. The molecule has 0 saturated carbocycles. The third-order valence-electron chi connectivity index (χ3n) is 1.55. The molecule has 0 radical (unpaired) electrons. The summed E-state index contributed by atoms with van der Waals surface area (Å²) in [6, 6.07) is 0. The zero-order valence-corrected chi connectivity index (χ0v) is 8.27. The maximum atomic E-state index is 10.3. The normalized spacial score (nSPS) is 8.83. The van der Waals surface area contributed by atoms with E-state index in [1.165, 1.54) is 32.6 Å². The molecule has 3 nitrogen and oxygen atoms in total. The van der Waals surface area contributed by atoms with Crippen molar-refractivity contribution in [1.29, 1.82) is 0 Å². The highest BCUT2D eigenvalue weighted by molar-refractivity contribution is 5.65. The van der Waals surface area contributed by atoms with Gasteiger partial charge in [-0.1, -0.05) is 32.6 Å². The lowest BCUT2D eigenvalue weighted by Gasteiger charge is -2.00. The van der Waals surface area contributed by atoms with Gasteiger partial charge in [0.2, 0.25) is 0 Å². The summed E-state index contributed by atoms with van der Waals surface area (Å²) in [7, 11) is 0. The molecule has 0 fully saturated rings. The lowest BCUT2D eigenvalue weighted by Crippen LogP contribution is -1.99. The first kappa shape index (κ1) is 14.0. The lowest BCUT2D eigenvalue weighted by atomic mass is 10.2. The molecule has 0 aromatic heterocycles. The van der Waals surface area contributed by atoms with Gasteiger partial charge in [0, 0.05) is 6.92 Å². The minimum absolute atomic E-state index is 0. The van der Waals surface area contributed by atoms with E-state index in [-0.39, 0.29) is 12.1 Å². The molecule has 12 heavy (non-hydrogen) atoms. The Kier molecular flexibility index (Phi) is 12.2. The number of hydrogen-bond acceptors (Lipinski definition) is 3. The van der Waals surface area contributed by atoms with Crippen molar-refractivity contribution in [3.8, 4) is 0 Å². The molecule has 0 bridgehead atoms. The van der Waals surface area contributed by atoms with Gasteiger partial charge in [-0.2, -0.15) is 0 Å². The van der Waals surface area contributed by atoms with E-state index >= 15 is 0 Å². The Hall–Kier alpha value is -0.570. The van der Waals surface area contributed by atoms with Crippen molar-refractivity contribution in [1.82, 2.24) is 6.15 Å². The van der Waals surface area contributed by atoms with Crippen molar-refractivity contribution in [3.05, 3.63) is 0 Å². The summed E-state index contributed by atoms with van der Waals surface area (Å²) in [4.78, 5) is 10.3. The first-order valence-electron chi connectivity index (χ1n) is 4.40. The molecular formula is C9H21NO2. The molecule has 0 saturated heterocycles. The van der Waals surface area contributed by atoms with Gasteiger partial charge in [0.25, 0.3) is 0 Å². The Morgan fingerprint density at radius 3 is 2.25 bits per heavy atom. The summed E-state index contributed by atoms with van der Waals surface area (Å²) in [5.74, 6) is -0.166. The zero-order chi connectivity index (χ0) is 8.53. The summed E-state index contributed by atoms with van der Waals surface area (Å²) in [5, 5.41) is 0. The van der Waals surface area contributed by atoms with Crippen LogP contribution in [0.3, 0.4) is 0 Å². The first-order valence-corrected chi connectivity index (χ1v) is 4.40. The van der Waals surface area contributed by atoms with E-state index in [2.05, 4.69) is 6.92 Å². The number of rotatable bonds is 6. The average molecular weight is 175 g/mol. The Labute approximate surface area is 75.1 Å². The van der Waals surface area contributed by atoms with Gasteiger partial charge < -0.3 is 10.9 Å². The third kappa shape index (κ3) is 12.1. The minimum Gasteiger partial charge on any atom is -0.466 e. The molecule has 0 aliphatic rings. The van der Waals surface area contributed by atoms with Crippen LogP contribution in [0.4, 0.5) is 0 Å². The summed E-state index contributed by atoms with van der Waals surface area (Å²) in [5.41, 5.74) is 0. The van der Waals surface area contributed by atoms with E-state index in [0.717, 1.165) is 6.42 Å². The van der Waals surface area contributed by atoms with Gasteiger partial charge in [0.15, 0.2) is 0 Å². The number of carbonyl (C=O) groups excluding carboxylic acids is 1. The Balaban J connectivity index is 0. The number of hydrogen-bond donors (Lipinski definition) is 1. The highest BCUT2D eigenvalue weighted by Gasteiger charge is 1.92. The monoisotopic (exact) mass is 175 g/mol. The molecule has 0 amide bonds. The molecule has 0 aromatic carbocycles. The van der Waals surface area contributed by atoms with Crippen LogP contribution in [-0.4, -0.2) is 12.6 Å². The van der Waals surface area contributed by atoms with E-state index in [1.807, 2.05) is 0 Å². The molecule has 0 unspecified atom stereocenters. The number of unbranched alkanes of at least 4 members (excludes halogenated alkanes) is 4. The van der Waals surface area contributed by atoms with Crippen LogP contribution in [0.15, 0.2) is 0 Å². The lowest BCUT2D eigenvalue weighted by molar-refractivity contribution is -0.141. The summed E-state index contributed by atoms with van der Waals surface area (Å²) >= 11 is 0. The smallest absolute Gasteiger partial charge is 0.302 e. The summed E-state index contributed by atoms with van der Waals surface area (Å²) in [6.07, 6.45) is 6.01. The summed E-state index contributed by atoms with van der Waals surface area (Å²) < 4.78 is 4.78. The van der Waals surface area contributed by atoms with Gasteiger partial charge in [-0.05, 0) is 6.42 Å². The van der Waals surface area contributed by atoms with Crippen LogP contribution in [0.5, 0.6) is 0 Å². The highest BCUT2D eigenvalue weighted by atomic mass is 16.5. The molecule has 0 aliphatic heterocycles. The van der Waals surface area contributed by atoms with Crippen LogP contribution in [0.25, 0.3) is 0 Å². The van der Waals surface area contributed by atoms with Crippen molar-refractivity contribution in [2.75, 3.05) is 6.61 Å². The van der Waals surface area contributed by atoms with Crippen LogP contribution < -0.4 is 6.15 Å². The maximum Gasteiger partial charge on any atom is 0.302 e. The maximum absolute atomic E-state index is 10.3. The second-order valence-electron chi connectivity index (χ2n) is 2.75. The highest BCUT2D eigenvalue weighted by Crippen LogP contribution is 2.01. The molecule has 74 valence electrons. The van der Waals surface area contributed by atoms with Crippen molar-refractivity contribution < 1.29 is 9.53 Å². The number of esters is 1. The second kappa shape index (κ2) is 10.4. The molecule has 0 atom stereocenters. The van der Waals surface area contributed by atoms with E-state index in [4.69, 9.17) is 4.74 Å². The van der Waals surface area contributed by atoms with E-state index in [0.29, 0.717) is 6.61 Å². The van der Waals surface area contributed by atoms with Gasteiger partial charge >= 0.3 is 5.97 Å². The van der Waals surface area contributed by atoms with Crippen LogP contribution >= 0.6 is 0 Å². The van der Waals surface area contributed by atoms with Gasteiger partial charge in [-0.15, -0.1) is 0 Å². The van der Waals surface area contributed by atoms with Crippen LogP contribution in [0, 0.1) is 0 Å². The molecular weight excluding hydrogens is 154 g/mol. The largest absolute Gasteiger partial charge is 0.466 e. The average Bonchev–Trinajstić information content (AvgIpc) is 1.96. The van der Waals surface area contributed by atoms with Gasteiger partial charge in [-0.3, -0.25) is 4.79 Å².